The Morgan fingerprint density at radius 3 is 2.67 bits per heavy atom. The van der Waals surface area contributed by atoms with Crippen LogP contribution < -0.4 is 5.32 Å². The molecule has 0 aliphatic carbocycles. The Morgan fingerprint density at radius 1 is 1.27 bits per heavy atom. The second kappa shape index (κ2) is 7.24. The van der Waals surface area contributed by atoms with Gasteiger partial charge < -0.3 is 10.1 Å². The highest BCUT2D eigenvalue weighted by molar-refractivity contribution is 4.73. The summed E-state index contributed by atoms with van der Waals surface area (Å²) in [5.74, 6) is 0.843. The van der Waals surface area contributed by atoms with E-state index in [1.807, 2.05) is 0 Å². The fraction of sp³-hybridized carbons (Fsp3) is 1.00. The second-order valence-electron chi connectivity index (χ2n) is 5.31. The summed E-state index contributed by atoms with van der Waals surface area (Å²) in [5, 5.41) is 3.67. The second-order valence-corrected chi connectivity index (χ2v) is 5.31. The molecule has 1 rings (SSSR count). The lowest BCUT2D eigenvalue weighted by molar-refractivity contribution is 0.0666. The highest BCUT2D eigenvalue weighted by atomic mass is 16.5. The van der Waals surface area contributed by atoms with Gasteiger partial charge in [-0.3, -0.25) is 0 Å². The summed E-state index contributed by atoms with van der Waals surface area (Å²) in [4.78, 5) is 0. The first-order chi connectivity index (χ1) is 7.18. The van der Waals surface area contributed by atoms with E-state index in [1.54, 1.807) is 0 Å². The van der Waals surface area contributed by atoms with Crippen LogP contribution in [-0.2, 0) is 4.74 Å². The molecule has 0 aromatic carbocycles. The molecular weight excluding hydrogens is 186 g/mol. The van der Waals surface area contributed by atoms with Gasteiger partial charge in [0.2, 0.25) is 0 Å². The van der Waals surface area contributed by atoms with E-state index in [0.717, 1.165) is 19.1 Å². The Kier molecular flexibility index (Phi) is 6.26. The maximum Gasteiger partial charge on any atom is 0.0619 e. The molecule has 2 heteroatoms. The third-order valence-corrected chi connectivity index (χ3v) is 3.10. The van der Waals surface area contributed by atoms with Crippen molar-refractivity contribution in [2.24, 2.45) is 5.92 Å². The van der Waals surface area contributed by atoms with Crippen LogP contribution in [0, 0.1) is 5.92 Å². The lowest BCUT2D eigenvalue weighted by Gasteiger charge is -2.26. The van der Waals surface area contributed by atoms with E-state index in [-0.39, 0.29) is 0 Å². The molecule has 0 aromatic rings. The molecule has 15 heavy (non-hydrogen) atoms. The van der Waals surface area contributed by atoms with Crippen molar-refractivity contribution < 1.29 is 4.74 Å². The Labute approximate surface area is 94.8 Å². The van der Waals surface area contributed by atoms with Gasteiger partial charge in [-0.2, -0.15) is 0 Å². The van der Waals surface area contributed by atoms with Crippen molar-refractivity contribution in [2.45, 2.75) is 65.0 Å². The minimum atomic E-state index is 0.604. The van der Waals surface area contributed by atoms with Gasteiger partial charge in [-0.1, -0.05) is 26.7 Å². The number of hydrogen-bond donors (Lipinski definition) is 1. The molecule has 0 spiro atoms. The van der Waals surface area contributed by atoms with E-state index < -0.39 is 0 Å². The highest BCUT2D eigenvalue weighted by Gasteiger charge is 2.15. The molecule has 0 aromatic heterocycles. The first kappa shape index (κ1) is 13.0. The summed E-state index contributed by atoms with van der Waals surface area (Å²) >= 11 is 0. The van der Waals surface area contributed by atoms with Gasteiger partial charge in [-0.15, -0.1) is 0 Å². The molecule has 2 unspecified atom stereocenters. The number of ether oxygens (including phenoxy) is 1. The third kappa shape index (κ3) is 6.16. The van der Waals surface area contributed by atoms with Gasteiger partial charge in [0.05, 0.1) is 6.61 Å². The van der Waals surface area contributed by atoms with E-state index in [0.29, 0.717) is 12.1 Å². The van der Waals surface area contributed by atoms with Crippen LogP contribution in [0.15, 0.2) is 0 Å². The topological polar surface area (TPSA) is 21.3 Å². The molecule has 90 valence electrons. The molecule has 2 atom stereocenters. The van der Waals surface area contributed by atoms with E-state index in [1.165, 1.54) is 32.1 Å². The molecule has 0 radical (unpaired) electrons. The predicted molar refractivity (Wildman–Crippen MR) is 65.1 cm³/mol. The summed E-state index contributed by atoms with van der Waals surface area (Å²) in [6.45, 7) is 8.77. The van der Waals surface area contributed by atoms with Crippen molar-refractivity contribution in [2.75, 3.05) is 13.2 Å². The van der Waals surface area contributed by atoms with Crippen LogP contribution in [0.3, 0.4) is 0 Å². The average Bonchev–Trinajstić information content (AvgIpc) is 2.18. The van der Waals surface area contributed by atoms with E-state index in [4.69, 9.17) is 4.74 Å². The quantitative estimate of drug-likeness (QED) is 0.732. The van der Waals surface area contributed by atoms with Gasteiger partial charge in [0.25, 0.3) is 0 Å². The zero-order valence-corrected chi connectivity index (χ0v) is 10.6. The summed E-state index contributed by atoms with van der Waals surface area (Å²) in [7, 11) is 0. The van der Waals surface area contributed by atoms with Gasteiger partial charge in [0.1, 0.15) is 0 Å². The number of rotatable bonds is 6. The molecule has 0 amide bonds. The molecule has 1 fully saturated rings. The Bertz CT molecular complexity index is 153. The minimum Gasteiger partial charge on any atom is -0.380 e. The van der Waals surface area contributed by atoms with E-state index in [9.17, 15) is 0 Å². The Balaban J connectivity index is 2.03. The van der Waals surface area contributed by atoms with Crippen molar-refractivity contribution in [3.8, 4) is 0 Å². The number of nitrogens with one attached hydrogen (secondary N) is 1. The van der Waals surface area contributed by atoms with Crippen molar-refractivity contribution in [1.29, 1.82) is 0 Å². The first-order valence-corrected chi connectivity index (χ1v) is 6.52. The van der Waals surface area contributed by atoms with Gasteiger partial charge >= 0.3 is 0 Å². The smallest absolute Gasteiger partial charge is 0.0619 e. The molecule has 2 nitrogen and oxygen atoms in total. The van der Waals surface area contributed by atoms with Crippen LogP contribution >= 0.6 is 0 Å². The highest BCUT2D eigenvalue weighted by Crippen LogP contribution is 2.11. The first-order valence-electron chi connectivity index (χ1n) is 6.52. The van der Waals surface area contributed by atoms with Crippen LogP contribution in [0.5, 0.6) is 0 Å². The fourth-order valence-electron chi connectivity index (χ4n) is 2.19. The van der Waals surface area contributed by atoms with E-state index in [2.05, 4.69) is 26.1 Å². The van der Waals surface area contributed by atoms with Crippen molar-refractivity contribution in [3.05, 3.63) is 0 Å². The standard InChI is InChI=1S/C13H27NO/c1-11(2)6-4-7-12(3)14-13-8-5-9-15-10-13/h11-14H,4-10H2,1-3H3. The van der Waals surface area contributed by atoms with Gasteiger partial charge in [0.15, 0.2) is 0 Å². The fourth-order valence-corrected chi connectivity index (χ4v) is 2.19. The Hall–Kier alpha value is -0.0800. The summed E-state index contributed by atoms with van der Waals surface area (Å²) in [5.41, 5.74) is 0. The molecule has 1 aliphatic heterocycles. The van der Waals surface area contributed by atoms with Gasteiger partial charge in [0, 0.05) is 18.7 Å². The van der Waals surface area contributed by atoms with Gasteiger partial charge in [-0.25, -0.2) is 0 Å². The van der Waals surface area contributed by atoms with Crippen molar-refractivity contribution in [3.63, 3.8) is 0 Å². The lowest BCUT2D eigenvalue weighted by Crippen LogP contribution is -2.41. The Morgan fingerprint density at radius 2 is 2.07 bits per heavy atom. The molecule has 1 heterocycles. The zero-order chi connectivity index (χ0) is 11.1. The molecule has 1 N–H and O–H groups in total. The van der Waals surface area contributed by atoms with Crippen LogP contribution in [0.2, 0.25) is 0 Å². The maximum atomic E-state index is 5.46. The van der Waals surface area contributed by atoms with Crippen molar-refractivity contribution >= 4 is 0 Å². The summed E-state index contributed by atoms with van der Waals surface area (Å²) < 4.78 is 5.46. The molecule has 0 bridgehead atoms. The van der Waals surface area contributed by atoms with Crippen molar-refractivity contribution in [1.82, 2.24) is 5.32 Å². The van der Waals surface area contributed by atoms with Crippen LogP contribution in [0.4, 0.5) is 0 Å². The normalized spacial score (nSPS) is 24.4. The van der Waals surface area contributed by atoms with Crippen LogP contribution in [-0.4, -0.2) is 25.3 Å². The largest absolute Gasteiger partial charge is 0.380 e. The van der Waals surface area contributed by atoms with Gasteiger partial charge in [-0.05, 0) is 32.1 Å². The predicted octanol–water partition coefficient (Wildman–Crippen LogP) is 2.97. The van der Waals surface area contributed by atoms with Crippen LogP contribution in [0.25, 0.3) is 0 Å². The monoisotopic (exact) mass is 213 g/mol. The van der Waals surface area contributed by atoms with Crippen LogP contribution in [0.1, 0.15) is 52.9 Å². The summed E-state index contributed by atoms with van der Waals surface area (Å²) in [6, 6.07) is 1.25. The molecule has 0 saturated carbocycles. The van der Waals surface area contributed by atoms with E-state index >= 15 is 0 Å². The maximum absolute atomic E-state index is 5.46. The SMILES string of the molecule is CC(C)CCCC(C)NC1CCCOC1. The molecular formula is C13H27NO. The molecule has 1 aliphatic rings. The lowest BCUT2D eigenvalue weighted by atomic mass is 10.0. The zero-order valence-electron chi connectivity index (χ0n) is 10.6. The minimum absolute atomic E-state index is 0.604. The number of hydrogen-bond acceptors (Lipinski definition) is 2. The average molecular weight is 213 g/mol. The molecule has 1 saturated heterocycles. The third-order valence-electron chi connectivity index (χ3n) is 3.10. The summed E-state index contributed by atoms with van der Waals surface area (Å²) in [6.07, 6.45) is 6.51.